The second-order valence-electron chi connectivity index (χ2n) is 5.31. The van der Waals surface area contributed by atoms with E-state index in [9.17, 15) is 9.59 Å². The average Bonchev–Trinajstić information content (AvgIpc) is 2.95. The maximum Gasteiger partial charge on any atom is 0.323 e. The first-order valence-electron chi connectivity index (χ1n) is 7.54. The van der Waals surface area contributed by atoms with Crippen LogP contribution in [-0.2, 0) is 4.79 Å². The van der Waals surface area contributed by atoms with Crippen LogP contribution in [0.4, 0.5) is 21.3 Å². The van der Waals surface area contributed by atoms with Gasteiger partial charge in [0.2, 0.25) is 5.91 Å². The molecule has 3 rings (SSSR count). The lowest BCUT2D eigenvalue weighted by molar-refractivity contribution is -0.114. The van der Waals surface area contributed by atoms with E-state index in [0.29, 0.717) is 32.8 Å². The van der Waals surface area contributed by atoms with Crippen LogP contribution in [0.2, 0.25) is 5.02 Å². The number of hydrogen-bond donors (Lipinski definition) is 3. The van der Waals surface area contributed by atoms with E-state index >= 15 is 0 Å². The van der Waals surface area contributed by atoms with E-state index in [0.717, 1.165) is 4.70 Å². The third-order valence-electron chi connectivity index (χ3n) is 3.30. The molecule has 9 heteroatoms. The summed E-state index contributed by atoms with van der Waals surface area (Å²) in [6.07, 6.45) is 0. The van der Waals surface area contributed by atoms with Crippen molar-refractivity contribution in [3.8, 4) is 5.75 Å². The molecule has 0 atom stereocenters. The van der Waals surface area contributed by atoms with Crippen LogP contribution in [0.5, 0.6) is 5.75 Å². The van der Waals surface area contributed by atoms with Crippen molar-refractivity contribution in [1.29, 1.82) is 0 Å². The molecule has 1 aromatic heterocycles. The second-order valence-corrected chi connectivity index (χ2v) is 6.78. The number of benzene rings is 2. The molecule has 0 unspecified atom stereocenters. The average molecular weight is 391 g/mol. The van der Waals surface area contributed by atoms with Crippen LogP contribution in [0.25, 0.3) is 10.2 Å². The van der Waals surface area contributed by atoms with Crippen molar-refractivity contribution in [1.82, 2.24) is 4.98 Å². The molecule has 26 heavy (non-hydrogen) atoms. The fraction of sp³-hybridized carbons (Fsp3) is 0.118. The van der Waals surface area contributed by atoms with Crippen LogP contribution in [0.1, 0.15) is 6.92 Å². The van der Waals surface area contributed by atoms with Crippen molar-refractivity contribution in [3.63, 3.8) is 0 Å². The summed E-state index contributed by atoms with van der Waals surface area (Å²) in [5, 5.41) is 9.09. The number of hydrogen-bond acceptors (Lipinski definition) is 5. The van der Waals surface area contributed by atoms with Crippen LogP contribution in [0.15, 0.2) is 36.4 Å². The molecule has 1 heterocycles. The maximum absolute atomic E-state index is 12.2. The number of thiazole rings is 1. The van der Waals surface area contributed by atoms with Crippen LogP contribution in [-0.4, -0.2) is 24.0 Å². The van der Waals surface area contributed by atoms with Gasteiger partial charge in [-0.1, -0.05) is 29.0 Å². The number of halogens is 1. The highest BCUT2D eigenvalue weighted by Crippen LogP contribution is 2.35. The van der Waals surface area contributed by atoms with Crippen molar-refractivity contribution >= 4 is 61.6 Å². The predicted octanol–water partition coefficient (Wildman–Crippen LogP) is 4.56. The third-order valence-corrected chi connectivity index (χ3v) is 4.46. The molecule has 0 spiro atoms. The van der Waals surface area contributed by atoms with Gasteiger partial charge in [-0.15, -0.1) is 0 Å². The van der Waals surface area contributed by atoms with Crippen molar-refractivity contribution in [3.05, 3.63) is 41.4 Å². The van der Waals surface area contributed by atoms with Gasteiger partial charge in [0.25, 0.3) is 0 Å². The number of ether oxygens (including phenoxy) is 1. The number of amides is 3. The minimum Gasteiger partial charge on any atom is -0.494 e. The lowest BCUT2D eigenvalue weighted by atomic mass is 10.2. The molecule has 7 nitrogen and oxygen atoms in total. The highest BCUT2D eigenvalue weighted by molar-refractivity contribution is 7.22. The number of anilines is 3. The van der Waals surface area contributed by atoms with E-state index in [4.69, 9.17) is 16.3 Å². The first-order valence-corrected chi connectivity index (χ1v) is 8.74. The predicted molar refractivity (Wildman–Crippen MR) is 105 cm³/mol. The number of nitrogens with zero attached hydrogens (tertiary/aromatic N) is 1. The summed E-state index contributed by atoms with van der Waals surface area (Å²) < 4.78 is 6.11. The van der Waals surface area contributed by atoms with Gasteiger partial charge in [-0.2, -0.15) is 0 Å². The Morgan fingerprint density at radius 2 is 1.88 bits per heavy atom. The quantitative estimate of drug-likeness (QED) is 0.608. The first-order chi connectivity index (χ1) is 12.4. The number of urea groups is 1. The van der Waals surface area contributed by atoms with Crippen LogP contribution < -0.4 is 20.7 Å². The zero-order valence-electron chi connectivity index (χ0n) is 13.9. The van der Waals surface area contributed by atoms with Crippen LogP contribution in [0, 0.1) is 0 Å². The van der Waals surface area contributed by atoms with Crippen molar-refractivity contribution < 1.29 is 14.3 Å². The molecule has 0 saturated carbocycles. The summed E-state index contributed by atoms with van der Waals surface area (Å²) in [5.74, 6) is 0.288. The van der Waals surface area contributed by atoms with Gasteiger partial charge in [0.05, 0.1) is 11.8 Å². The number of carbonyl (C=O) groups is 2. The monoisotopic (exact) mass is 390 g/mol. The Morgan fingerprint density at radius 1 is 1.12 bits per heavy atom. The highest BCUT2D eigenvalue weighted by Gasteiger charge is 2.13. The smallest absolute Gasteiger partial charge is 0.323 e. The molecule has 0 saturated heterocycles. The minimum absolute atomic E-state index is 0.206. The molecule has 0 aliphatic carbocycles. The normalized spacial score (nSPS) is 10.4. The molecule has 0 aliphatic heterocycles. The lowest BCUT2D eigenvalue weighted by Gasteiger charge is -2.09. The molecular weight excluding hydrogens is 376 g/mol. The molecule has 2 aromatic carbocycles. The van der Waals surface area contributed by atoms with Crippen molar-refractivity contribution in [2.75, 3.05) is 23.1 Å². The SMILES string of the molecule is COc1cc(NC(=O)Nc2cccc(Cl)c2)cc2sc(NC(C)=O)nc12. The van der Waals surface area contributed by atoms with Crippen LogP contribution in [0.3, 0.4) is 0 Å². The summed E-state index contributed by atoms with van der Waals surface area (Å²) in [4.78, 5) is 27.7. The van der Waals surface area contributed by atoms with Gasteiger partial charge in [-0.05, 0) is 24.3 Å². The molecule has 3 amide bonds. The topological polar surface area (TPSA) is 92.4 Å². The maximum atomic E-state index is 12.2. The number of fused-ring (bicyclic) bond motifs is 1. The summed E-state index contributed by atoms with van der Waals surface area (Å²) in [6, 6.07) is 9.86. The number of nitrogens with one attached hydrogen (secondary N) is 3. The zero-order valence-corrected chi connectivity index (χ0v) is 15.5. The molecule has 134 valence electrons. The van der Waals surface area contributed by atoms with Gasteiger partial charge in [-0.3, -0.25) is 4.79 Å². The molecule has 0 bridgehead atoms. The van der Waals surface area contributed by atoms with E-state index in [2.05, 4.69) is 20.9 Å². The molecule has 0 radical (unpaired) electrons. The molecule has 3 N–H and O–H groups in total. The van der Waals surface area contributed by atoms with E-state index in [-0.39, 0.29) is 5.91 Å². The van der Waals surface area contributed by atoms with E-state index < -0.39 is 6.03 Å². The molecule has 0 aliphatic rings. The number of aromatic nitrogens is 1. The molecule has 3 aromatic rings. The number of rotatable bonds is 4. The van der Waals surface area contributed by atoms with Crippen LogP contribution >= 0.6 is 22.9 Å². The van der Waals surface area contributed by atoms with Gasteiger partial charge < -0.3 is 20.7 Å². The van der Waals surface area contributed by atoms with Gasteiger partial charge >= 0.3 is 6.03 Å². The van der Waals surface area contributed by atoms with Gasteiger partial charge in [-0.25, -0.2) is 9.78 Å². The van der Waals surface area contributed by atoms with Crippen molar-refractivity contribution in [2.24, 2.45) is 0 Å². The fourth-order valence-electron chi connectivity index (χ4n) is 2.29. The minimum atomic E-state index is -0.416. The summed E-state index contributed by atoms with van der Waals surface area (Å²) in [5.41, 5.74) is 1.72. The highest BCUT2D eigenvalue weighted by atomic mass is 35.5. The number of methoxy groups -OCH3 is 1. The van der Waals surface area contributed by atoms with E-state index in [1.165, 1.54) is 25.4 Å². The van der Waals surface area contributed by atoms with Gasteiger partial charge in [0.1, 0.15) is 11.3 Å². The van der Waals surface area contributed by atoms with Gasteiger partial charge in [0.15, 0.2) is 5.13 Å². The summed E-state index contributed by atoms with van der Waals surface area (Å²) >= 11 is 7.20. The Labute approximate surface area is 158 Å². The summed E-state index contributed by atoms with van der Waals surface area (Å²) in [6.45, 7) is 1.41. The standard InChI is InChI=1S/C17H15ClN4O3S/c1-9(23)19-17-22-15-13(25-2)7-12(8-14(15)26-17)21-16(24)20-11-5-3-4-10(18)6-11/h3-8H,1-2H3,(H,19,22,23)(H2,20,21,24). The lowest BCUT2D eigenvalue weighted by Crippen LogP contribution is -2.19. The fourth-order valence-corrected chi connectivity index (χ4v) is 3.45. The Kier molecular flexibility index (Phi) is 5.24. The van der Waals surface area contributed by atoms with E-state index in [1.54, 1.807) is 36.4 Å². The first kappa shape index (κ1) is 18.0. The largest absolute Gasteiger partial charge is 0.494 e. The molecular formula is C17H15ClN4O3S. The number of carbonyl (C=O) groups excluding carboxylic acids is 2. The molecule has 0 fully saturated rings. The zero-order chi connectivity index (χ0) is 18.7. The van der Waals surface area contributed by atoms with Gasteiger partial charge in [0, 0.05) is 29.4 Å². The summed E-state index contributed by atoms with van der Waals surface area (Å²) in [7, 11) is 1.52. The van der Waals surface area contributed by atoms with E-state index in [1.807, 2.05) is 0 Å². The Morgan fingerprint density at radius 3 is 2.58 bits per heavy atom. The Bertz CT molecular complexity index is 989. The Balaban J connectivity index is 1.82. The second kappa shape index (κ2) is 7.59. The van der Waals surface area contributed by atoms with Crippen molar-refractivity contribution in [2.45, 2.75) is 6.92 Å². The third kappa shape index (κ3) is 4.22. The Hall–Kier alpha value is -2.84.